The van der Waals surface area contributed by atoms with Gasteiger partial charge in [0, 0.05) is 12.1 Å². The zero-order valence-corrected chi connectivity index (χ0v) is 20.9. The average molecular weight is 491 g/mol. The fraction of sp³-hybridized carbons (Fsp3) is 0.440. The minimum absolute atomic E-state index is 0.142. The van der Waals surface area contributed by atoms with Crippen molar-refractivity contribution in [3.63, 3.8) is 0 Å². The Morgan fingerprint density at radius 3 is 2.47 bits per heavy atom. The molecule has 0 heterocycles. The predicted molar refractivity (Wildman–Crippen MR) is 131 cm³/mol. The topological polar surface area (TPSA) is 88.1 Å². The maximum absolute atomic E-state index is 15.3. The Labute approximate surface area is 200 Å². The van der Waals surface area contributed by atoms with Crippen LogP contribution < -0.4 is 5.14 Å². The zero-order chi connectivity index (χ0) is 25.2. The summed E-state index contributed by atoms with van der Waals surface area (Å²) in [5.41, 5.74) is 2.97. The Bertz CT molecular complexity index is 1230. The number of hydrogen-bond donors (Lipinski definition) is 1. The fourth-order valence-electron chi connectivity index (χ4n) is 4.22. The van der Waals surface area contributed by atoms with Crippen LogP contribution in [-0.2, 0) is 34.2 Å². The van der Waals surface area contributed by atoms with Crippen LogP contribution in [0.2, 0.25) is 0 Å². The first-order valence-corrected chi connectivity index (χ1v) is 12.8. The molecule has 1 atom stereocenters. The van der Waals surface area contributed by atoms with Crippen LogP contribution in [0.4, 0.5) is 8.78 Å². The lowest BCUT2D eigenvalue weighted by Crippen LogP contribution is -2.19. The first kappa shape index (κ1) is 26.1. The summed E-state index contributed by atoms with van der Waals surface area (Å²) in [7, 11) is -0.126. The number of nitrogens with two attached hydrogens (primary N) is 1. The monoisotopic (exact) mass is 490 g/mol. The van der Waals surface area contributed by atoms with Gasteiger partial charge in [0.2, 0.25) is 0 Å². The van der Waals surface area contributed by atoms with E-state index in [1.54, 1.807) is 12.1 Å². The highest BCUT2D eigenvalue weighted by Gasteiger charge is 2.31. The smallest absolute Gasteiger partial charge is 0.259 e. The molecule has 9 heteroatoms. The van der Waals surface area contributed by atoms with Crippen LogP contribution >= 0.6 is 0 Å². The number of nitrogens with zero attached hydrogens (tertiary/aromatic N) is 3. The minimum atomic E-state index is -3.81. The van der Waals surface area contributed by atoms with Gasteiger partial charge < -0.3 is 4.90 Å². The van der Waals surface area contributed by atoms with Gasteiger partial charge in [-0.25, -0.2) is 18.1 Å². The van der Waals surface area contributed by atoms with E-state index in [9.17, 15) is 13.4 Å². The van der Waals surface area contributed by atoms with Crippen molar-refractivity contribution in [2.24, 2.45) is 14.5 Å². The summed E-state index contributed by atoms with van der Waals surface area (Å²) in [5, 5.41) is 5.84. The molecule has 1 amide bonds. The van der Waals surface area contributed by atoms with Crippen LogP contribution in [0.15, 0.2) is 38.5 Å². The van der Waals surface area contributed by atoms with Gasteiger partial charge in [0.25, 0.3) is 5.91 Å². The average Bonchev–Trinajstić information content (AvgIpc) is 3.54. The van der Waals surface area contributed by atoms with Crippen molar-refractivity contribution >= 4 is 22.5 Å². The molecule has 0 aliphatic heterocycles. The highest BCUT2D eigenvalue weighted by atomic mass is 32.2. The Morgan fingerprint density at radius 2 is 1.94 bits per heavy atom. The first-order chi connectivity index (χ1) is 15.9. The van der Waals surface area contributed by atoms with Crippen molar-refractivity contribution < 1.29 is 17.8 Å². The summed E-state index contributed by atoms with van der Waals surface area (Å²) in [6.07, 6.45) is 1.63. The third-order valence-electron chi connectivity index (χ3n) is 5.77. The molecule has 1 aliphatic rings. The molecule has 34 heavy (non-hydrogen) atoms. The lowest BCUT2D eigenvalue weighted by molar-refractivity contribution is -0.117. The number of carbonyl (C=O) groups excluding carboxylic acids is 1. The van der Waals surface area contributed by atoms with Crippen LogP contribution in [-0.4, -0.2) is 35.8 Å². The highest BCUT2D eigenvalue weighted by Crippen LogP contribution is 2.45. The van der Waals surface area contributed by atoms with Gasteiger partial charge in [-0.3, -0.25) is 9.79 Å². The molecule has 0 spiro atoms. The fourth-order valence-corrected chi connectivity index (χ4v) is 5.29. The van der Waals surface area contributed by atoms with Gasteiger partial charge in [0.1, 0.15) is 21.5 Å². The van der Waals surface area contributed by atoms with Gasteiger partial charge in [-0.15, -0.1) is 4.36 Å². The number of benzene rings is 2. The Morgan fingerprint density at radius 1 is 1.26 bits per heavy atom. The summed E-state index contributed by atoms with van der Waals surface area (Å²) < 4.78 is 46.7. The first-order valence-electron chi connectivity index (χ1n) is 11.2. The zero-order valence-electron chi connectivity index (χ0n) is 20.1. The van der Waals surface area contributed by atoms with Crippen molar-refractivity contribution in [3.05, 3.63) is 63.7 Å². The number of carbonyl (C=O) groups is 1. The Hall–Kier alpha value is -2.49. The van der Waals surface area contributed by atoms with E-state index in [0.29, 0.717) is 28.8 Å². The third kappa shape index (κ3) is 5.95. The Balaban J connectivity index is 2.00. The lowest BCUT2D eigenvalue weighted by Gasteiger charge is -2.20. The number of hydrogen-bond acceptors (Lipinski definition) is 4. The molecule has 0 aromatic heterocycles. The molecule has 2 aromatic rings. The summed E-state index contributed by atoms with van der Waals surface area (Å²) in [5.74, 6) is -1.94. The van der Waals surface area contributed by atoms with E-state index in [4.69, 9.17) is 5.14 Å². The molecule has 0 bridgehead atoms. The van der Waals surface area contributed by atoms with Gasteiger partial charge in [0.05, 0.1) is 17.9 Å². The van der Waals surface area contributed by atoms with E-state index < -0.39 is 27.5 Å². The van der Waals surface area contributed by atoms with Gasteiger partial charge in [-0.2, -0.15) is 0 Å². The summed E-state index contributed by atoms with van der Waals surface area (Å²) in [6.45, 7) is 7.79. The van der Waals surface area contributed by atoms with Crippen LogP contribution in [0.1, 0.15) is 66.3 Å². The van der Waals surface area contributed by atoms with Crippen molar-refractivity contribution in [2.75, 3.05) is 14.1 Å². The second-order valence-electron chi connectivity index (χ2n) is 9.37. The van der Waals surface area contributed by atoms with Gasteiger partial charge in [0.15, 0.2) is 0 Å². The van der Waals surface area contributed by atoms with Crippen molar-refractivity contribution in [1.29, 1.82) is 0 Å². The van der Waals surface area contributed by atoms with Crippen LogP contribution in [0.3, 0.4) is 0 Å². The number of amides is 1. The molecule has 1 unspecified atom stereocenters. The molecule has 2 aromatic carbocycles. The minimum Gasteiger partial charge on any atom is -0.305 e. The second-order valence-corrected chi connectivity index (χ2v) is 11.1. The molecule has 0 saturated heterocycles. The van der Waals surface area contributed by atoms with E-state index in [-0.39, 0.29) is 29.7 Å². The summed E-state index contributed by atoms with van der Waals surface area (Å²) in [6, 6.07) is 5.90. The van der Waals surface area contributed by atoms with Crippen molar-refractivity contribution in [2.45, 2.75) is 62.9 Å². The highest BCUT2D eigenvalue weighted by molar-refractivity contribution is 7.91. The van der Waals surface area contributed by atoms with E-state index in [2.05, 4.69) is 16.1 Å². The Kier molecular flexibility index (Phi) is 8.00. The van der Waals surface area contributed by atoms with E-state index in [0.717, 1.165) is 18.4 Å². The molecule has 1 saturated carbocycles. The summed E-state index contributed by atoms with van der Waals surface area (Å²) in [4.78, 5) is 18.3. The van der Waals surface area contributed by atoms with Gasteiger partial charge in [-0.05, 0) is 79.9 Å². The van der Waals surface area contributed by atoms with Crippen LogP contribution in [0.25, 0.3) is 0 Å². The molecule has 6 nitrogen and oxygen atoms in total. The molecule has 0 radical (unpaired) electrons. The van der Waals surface area contributed by atoms with Crippen LogP contribution in [0.5, 0.6) is 0 Å². The number of aliphatic imine (C=N–C) groups is 1. The standard InChI is InChI=1S/C25H32F2N4O2S/c1-15(2)24-20(19(17-7-8-17)11-18(13-29-3)25(24)27)12-23(32)30-34(28,33)22-9-6-16(10-21(22)26)14-31(4)5/h6,9-11,15,17H,3,7-8,12-14H2,1-2,4-5H3,(H2,28,30,32,33). The largest absolute Gasteiger partial charge is 0.305 e. The van der Waals surface area contributed by atoms with Gasteiger partial charge >= 0.3 is 0 Å². The molecular formula is C25H32F2N4O2S. The van der Waals surface area contributed by atoms with E-state index in [1.165, 1.54) is 12.1 Å². The predicted octanol–water partition coefficient (Wildman–Crippen LogP) is 4.70. The molecule has 1 fully saturated rings. The number of rotatable bonds is 9. The van der Waals surface area contributed by atoms with E-state index in [1.807, 2.05) is 32.8 Å². The molecule has 2 N–H and O–H groups in total. The van der Waals surface area contributed by atoms with Crippen molar-refractivity contribution in [1.82, 2.24) is 4.90 Å². The van der Waals surface area contributed by atoms with Gasteiger partial charge in [-0.1, -0.05) is 26.0 Å². The maximum atomic E-state index is 15.3. The third-order valence-corrected chi connectivity index (χ3v) is 7.21. The molecular weight excluding hydrogens is 458 g/mol. The van der Waals surface area contributed by atoms with E-state index >= 15 is 4.39 Å². The SMILES string of the molecule is C=NCc1cc(C2CC2)c(CC(=O)N=S(N)(=O)c2ccc(CN(C)C)cc2F)c(C(C)C)c1F. The summed E-state index contributed by atoms with van der Waals surface area (Å²) >= 11 is 0. The number of halogens is 2. The maximum Gasteiger partial charge on any atom is 0.259 e. The normalized spacial score (nSPS) is 15.4. The lowest BCUT2D eigenvalue weighted by atomic mass is 9.86. The quantitative estimate of drug-likeness (QED) is 0.517. The van der Waals surface area contributed by atoms with Crippen molar-refractivity contribution in [3.8, 4) is 0 Å². The second kappa shape index (κ2) is 10.4. The van der Waals surface area contributed by atoms with Crippen LogP contribution in [0, 0.1) is 11.6 Å². The molecule has 184 valence electrons. The molecule has 3 rings (SSSR count). The molecule has 1 aliphatic carbocycles.